The molecule has 2 rings (SSSR count). The number of hydrogen-bond acceptors (Lipinski definition) is 6. The second-order valence-electron chi connectivity index (χ2n) is 8.00. The molecule has 0 fully saturated rings. The average Bonchev–Trinajstić information content (AvgIpc) is 2.75. The van der Waals surface area contributed by atoms with Gasteiger partial charge >= 0.3 is 11.6 Å². The maximum atomic E-state index is 12.5. The fourth-order valence-corrected chi connectivity index (χ4v) is 3.09. The molecule has 0 radical (unpaired) electrons. The first kappa shape index (κ1) is 26.0. The van der Waals surface area contributed by atoms with Crippen LogP contribution in [0.1, 0.15) is 60.3 Å². The monoisotopic (exact) mass is 454 g/mol. The molecule has 33 heavy (non-hydrogen) atoms. The van der Waals surface area contributed by atoms with Gasteiger partial charge in [-0.2, -0.15) is 0 Å². The van der Waals surface area contributed by atoms with Crippen molar-refractivity contribution in [3.63, 3.8) is 0 Å². The van der Waals surface area contributed by atoms with E-state index in [2.05, 4.69) is 39.0 Å². The van der Waals surface area contributed by atoms with Gasteiger partial charge in [-0.05, 0) is 64.7 Å². The average molecular weight is 455 g/mol. The fourth-order valence-electron chi connectivity index (χ4n) is 3.09. The Morgan fingerprint density at radius 1 is 1.00 bits per heavy atom. The molecule has 0 N–H and O–H groups in total. The summed E-state index contributed by atoms with van der Waals surface area (Å²) in [6.45, 7) is 10.2. The first-order valence-electron chi connectivity index (χ1n) is 11.3. The van der Waals surface area contributed by atoms with Crippen LogP contribution < -0.4 is 19.8 Å². The zero-order valence-electron chi connectivity index (χ0n) is 20.2. The van der Waals surface area contributed by atoms with Crippen molar-refractivity contribution < 1.29 is 23.4 Å². The van der Waals surface area contributed by atoms with Crippen LogP contribution >= 0.6 is 0 Å². The minimum Gasteiger partial charge on any atom is -0.493 e. The number of carbonyl (C=O) groups is 1. The van der Waals surface area contributed by atoms with Gasteiger partial charge in [0.05, 0.1) is 12.0 Å². The standard InChI is InChI=1S/C27H34O6/c1-6-7-8-9-16-30-22-13-14-23-24(18-22)33-27(29)26(32-21(5)28)25(23)31-17-15-20(4)12-10-11-19(2)3/h7-8,11,13-15,18H,6,9-10,12,16-17H2,1-5H3. The Morgan fingerprint density at radius 3 is 2.48 bits per heavy atom. The molecule has 0 unspecified atom stereocenters. The predicted molar refractivity (Wildman–Crippen MR) is 131 cm³/mol. The Morgan fingerprint density at radius 2 is 1.79 bits per heavy atom. The molecule has 0 saturated heterocycles. The lowest BCUT2D eigenvalue weighted by Crippen LogP contribution is -2.13. The van der Waals surface area contributed by atoms with Gasteiger partial charge in [0, 0.05) is 13.0 Å². The van der Waals surface area contributed by atoms with Gasteiger partial charge in [-0.3, -0.25) is 4.79 Å². The Bertz CT molecular complexity index is 1080. The molecule has 1 aromatic heterocycles. The molecule has 0 aliphatic carbocycles. The second-order valence-corrected chi connectivity index (χ2v) is 8.00. The maximum Gasteiger partial charge on any atom is 0.383 e. The van der Waals surface area contributed by atoms with Crippen molar-refractivity contribution in [3.8, 4) is 17.2 Å². The Balaban J connectivity index is 2.26. The molecule has 0 bridgehead atoms. The number of ether oxygens (including phenoxy) is 3. The molecule has 0 spiro atoms. The Kier molecular flexibility index (Phi) is 10.5. The van der Waals surface area contributed by atoms with Crippen molar-refractivity contribution in [2.45, 2.75) is 60.3 Å². The molecule has 1 aromatic carbocycles. The van der Waals surface area contributed by atoms with E-state index in [1.54, 1.807) is 18.2 Å². The summed E-state index contributed by atoms with van der Waals surface area (Å²) in [5.41, 5.74) is 1.98. The first-order chi connectivity index (χ1) is 15.8. The van der Waals surface area contributed by atoms with E-state index in [1.807, 2.05) is 13.0 Å². The largest absolute Gasteiger partial charge is 0.493 e. The third kappa shape index (κ3) is 8.64. The van der Waals surface area contributed by atoms with E-state index in [9.17, 15) is 9.59 Å². The van der Waals surface area contributed by atoms with Gasteiger partial charge in [-0.25, -0.2) is 4.79 Å². The summed E-state index contributed by atoms with van der Waals surface area (Å²) in [4.78, 5) is 24.1. The second kappa shape index (κ2) is 13.3. The van der Waals surface area contributed by atoms with Crippen molar-refractivity contribution >= 4 is 16.9 Å². The van der Waals surface area contributed by atoms with Crippen LogP contribution in [0, 0.1) is 0 Å². The molecular weight excluding hydrogens is 420 g/mol. The number of hydrogen-bond donors (Lipinski definition) is 0. The van der Waals surface area contributed by atoms with Gasteiger partial charge < -0.3 is 18.6 Å². The van der Waals surface area contributed by atoms with Gasteiger partial charge in [-0.1, -0.05) is 36.3 Å². The molecule has 0 atom stereocenters. The van der Waals surface area contributed by atoms with E-state index < -0.39 is 11.6 Å². The summed E-state index contributed by atoms with van der Waals surface area (Å²) in [5.74, 6) is -0.108. The minimum absolute atomic E-state index is 0.183. The lowest BCUT2D eigenvalue weighted by Gasteiger charge is -2.12. The first-order valence-corrected chi connectivity index (χ1v) is 11.3. The predicted octanol–water partition coefficient (Wildman–Crippen LogP) is 6.52. The van der Waals surface area contributed by atoms with Crippen LogP contribution in [0.4, 0.5) is 0 Å². The third-order valence-electron chi connectivity index (χ3n) is 4.74. The number of allylic oxidation sites excluding steroid dienone is 4. The lowest BCUT2D eigenvalue weighted by molar-refractivity contribution is -0.132. The summed E-state index contributed by atoms with van der Waals surface area (Å²) in [6.07, 6.45) is 11.9. The van der Waals surface area contributed by atoms with Crippen LogP contribution in [-0.2, 0) is 4.79 Å². The number of benzene rings is 1. The van der Waals surface area contributed by atoms with Gasteiger partial charge in [-0.15, -0.1) is 0 Å². The van der Waals surface area contributed by atoms with Gasteiger partial charge in [0.25, 0.3) is 5.75 Å². The Hall–Kier alpha value is -3.28. The van der Waals surface area contributed by atoms with Crippen molar-refractivity contribution in [2.75, 3.05) is 13.2 Å². The number of fused-ring (bicyclic) bond motifs is 1. The molecule has 0 aliphatic rings. The van der Waals surface area contributed by atoms with Gasteiger partial charge in [0.1, 0.15) is 17.9 Å². The highest BCUT2D eigenvalue weighted by molar-refractivity contribution is 5.87. The summed E-state index contributed by atoms with van der Waals surface area (Å²) in [6, 6.07) is 5.16. The number of carbonyl (C=O) groups excluding carboxylic acids is 1. The highest BCUT2D eigenvalue weighted by Gasteiger charge is 2.20. The van der Waals surface area contributed by atoms with Crippen LogP contribution in [0.25, 0.3) is 11.0 Å². The van der Waals surface area contributed by atoms with Crippen molar-refractivity contribution in [1.82, 2.24) is 0 Å². The molecule has 2 aromatic rings. The quantitative estimate of drug-likeness (QED) is 0.157. The van der Waals surface area contributed by atoms with E-state index in [0.717, 1.165) is 25.7 Å². The fraction of sp³-hybridized carbons (Fsp3) is 0.407. The van der Waals surface area contributed by atoms with Crippen LogP contribution in [0.2, 0.25) is 0 Å². The Labute approximate surface area is 195 Å². The normalized spacial score (nSPS) is 11.6. The molecule has 178 valence electrons. The van der Waals surface area contributed by atoms with E-state index in [1.165, 1.54) is 18.1 Å². The van der Waals surface area contributed by atoms with Crippen LogP contribution in [0.15, 0.2) is 62.9 Å². The van der Waals surface area contributed by atoms with Crippen molar-refractivity contribution in [3.05, 3.63) is 64.1 Å². The third-order valence-corrected chi connectivity index (χ3v) is 4.74. The topological polar surface area (TPSA) is 75.0 Å². The highest BCUT2D eigenvalue weighted by Crippen LogP contribution is 2.35. The van der Waals surface area contributed by atoms with E-state index >= 15 is 0 Å². The van der Waals surface area contributed by atoms with E-state index in [0.29, 0.717) is 23.3 Å². The SMILES string of the molecule is CCC=CCCOc1ccc2c(OCC=C(C)CCC=C(C)C)c(OC(C)=O)c(=O)oc2c1. The maximum absolute atomic E-state index is 12.5. The summed E-state index contributed by atoms with van der Waals surface area (Å²) < 4.78 is 22.2. The minimum atomic E-state index is -0.778. The summed E-state index contributed by atoms with van der Waals surface area (Å²) >= 11 is 0. The van der Waals surface area contributed by atoms with Gasteiger partial charge in [0.15, 0.2) is 5.75 Å². The molecule has 0 saturated carbocycles. The number of esters is 1. The molecule has 6 nitrogen and oxygen atoms in total. The molecule has 1 heterocycles. The molecule has 0 amide bonds. The lowest BCUT2D eigenvalue weighted by atomic mass is 10.1. The zero-order valence-corrected chi connectivity index (χ0v) is 20.2. The molecule has 6 heteroatoms. The van der Waals surface area contributed by atoms with Gasteiger partial charge in [0.2, 0.25) is 0 Å². The van der Waals surface area contributed by atoms with Crippen LogP contribution in [-0.4, -0.2) is 19.2 Å². The molecule has 0 aliphatic heterocycles. The van der Waals surface area contributed by atoms with E-state index in [4.69, 9.17) is 18.6 Å². The van der Waals surface area contributed by atoms with Crippen molar-refractivity contribution in [2.24, 2.45) is 0 Å². The van der Waals surface area contributed by atoms with Crippen LogP contribution in [0.3, 0.4) is 0 Å². The van der Waals surface area contributed by atoms with Crippen molar-refractivity contribution in [1.29, 1.82) is 0 Å². The zero-order chi connectivity index (χ0) is 24.2. The number of rotatable bonds is 12. The van der Waals surface area contributed by atoms with E-state index in [-0.39, 0.29) is 18.1 Å². The smallest absolute Gasteiger partial charge is 0.383 e. The summed E-state index contributed by atoms with van der Waals surface area (Å²) in [7, 11) is 0. The molecular formula is C27H34O6. The van der Waals surface area contributed by atoms with Crippen LogP contribution in [0.5, 0.6) is 17.2 Å². The highest BCUT2D eigenvalue weighted by atomic mass is 16.6. The summed E-state index contributed by atoms with van der Waals surface area (Å²) in [5, 5.41) is 0.527.